The lowest BCUT2D eigenvalue weighted by Gasteiger charge is -2.32. The number of hydrogen-bond acceptors (Lipinski definition) is 6. The van der Waals surface area contributed by atoms with Gasteiger partial charge in [-0.05, 0) is 18.2 Å². The van der Waals surface area contributed by atoms with Crippen LogP contribution in [0.5, 0.6) is 5.88 Å². The average molecular weight is 379 g/mol. The van der Waals surface area contributed by atoms with Gasteiger partial charge in [0.05, 0.1) is 17.2 Å². The van der Waals surface area contributed by atoms with Gasteiger partial charge in [-0.25, -0.2) is 4.98 Å². The number of para-hydroxylation sites is 1. The molecule has 1 aliphatic rings. The number of fused-ring (bicyclic) bond motifs is 1. The third-order valence-electron chi connectivity index (χ3n) is 4.93. The Labute approximate surface area is 161 Å². The van der Waals surface area contributed by atoms with Crippen LogP contribution in [-0.4, -0.2) is 49.7 Å². The van der Waals surface area contributed by atoms with E-state index in [-0.39, 0.29) is 24.0 Å². The van der Waals surface area contributed by atoms with Gasteiger partial charge in [0.25, 0.3) is 5.56 Å². The third-order valence-corrected chi connectivity index (χ3v) is 4.93. The molecule has 144 valence electrons. The Bertz CT molecular complexity index is 1010. The Kier molecular flexibility index (Phi) is 5.27. The van der Waals surface area contributed by atoms with Gasteiger partial charge < -0.3 is 9.64 Å². The summed E-state index contributed by atoms with van der Waals surface area (Å²) in [6, 6.07) is 10.8. The molecule has 8 heteroatoms. The normalized spacial score (nSPS) is 14.9. The molecule has 1 amide bonds. The molecule has 0 atom stereocenters. The first-order valence-electron chi connectivity index (χ1n) is 9.37. The number of amides is 1. The quantitative estimate of drug-likeness (QED) is 0.670. The van der Waals surface area contributed by atoms with Gasteiger partial charge in [-0.3, -0.25) is 14.2 Å². The number of carbonyl (C=O) groups excluding carboxylic acids is 1. The highest BCUT2D eigenvalue weighted by molar-refractivity contribution is 5.77. The number of piperidine rings is 1. The van der Waals surface area contributed by atoms with Gasteiger partial charge in [0, 0.05) is 51.2 Å². The van der Waals surface area contributed by atoms with Crippen molar-refractivity contribution in [2.45, 2.75) is 31.9 Å². The van der Waals surface area contributed by atoms with Gasteiger partial charge in [0.2, 0.25) is 11.8 Å². The maximum Gasteiger partial charge on any atom is 0.261 e. The molecule has 0 unspecified atom stereocenters. The molecule has 0 aliphatic carbocycles. The summed E-state index contributed by atoms with van der Waals surface area (Å²) in [7, 11) is 0. The summed E-state index contributed by atoms with van der Waals surface area (Å²) in [6.07, 6.45) is 4.92. The summed E-state index contributed by atoms with van der Waals surface area (Å²) < 4.78 is 7.31. The first-order valence-corrected chi connectivity index (χ1v) is 9.37. The first-order chi connectivity index (χ1) is 13.7. The van der Waals surface area contributed by atoms with E-state index < -0.39 is 0 Å². The predicted octanol–water partition coefficient (Wildman–Crippen LogP) is 1.65. The third kappa shape index (κ3) is 4.00. The molecule has 1 aromatic carbocycles. The van der Waals surface area contributed by atoms with E-state index in [0.717, 1.165) is 12.8 Å². The molecule has 3 aromatic rings. The predicted molar refractivity (Wildman–Crippen MR) is 103 cm³/mol. The number of likely N-dealkylation sites (tertiary alicyclic amines) is 1. The molecule has 0 saturated carbocycles. The van der Waals surface area contributed by atoms with Crippen LogP contribution >= 0.6 is 0 Å². The minimum Gasteiger partial charge on any atom is -0.473 e. The first kappa shape index (κ1) is 18.1. The maximum absolute atomic E-state index is 12.5. The number of hydrogen-bond donors (Lipinski definition) is 0. The number of aryl methyl sites for hydroxylation is 1. The Morgan fingerprint density at radius 2 is 1.96 bits per heavy atom. The lowest BCUT2D eigenvalue weighted by molar-refractivity contribution is -0.133. The van der Waals surface area contributed by atoms with Crippen LogP contribution in [0.2, 0.25) is 0 Å². The monoisotopic (exact) mass is 379 g/mol. The van der Waals surface area contributed by atoms with E-state index in [1.165, 1.54) is 10.9 Å². The van der Waals surface area contributed by atoms with E-state index in [0.29, 0.717) is 36.4 Å². The van der Waals surface area contributed by atoms with Crippen LogP contribution in [0, 0.1) is 0 Å². The van der Waals surface area contributed by atoms with Crippen molar-refractivity contribution in [1.82, 2.24) is 24.6 Å². The van der Waals surface area contributed by atoms with Crippen LogP contribution in [0.15, 0.2) is 53.7 Å². The Balaban J connectivity index is 1.30. The van der Waals surface area contributed by atoms with Crippen LogP contribution in [0.25, 0.3) is 10.9 Å². The zero-order chi connectivity index (χ0) is 19.3. The zero-order valence-electron chi connectivity index (χ0n) is 15.4. The molecule has 1 fully saturated rings. The van der Waals surface area contributed by atoms with Crippen molar-refractivity contribution in [3.63, 3.8) is 0 Å². The van der Waals surface area contributed by atoms with E-state index in [9.17, 15) is 9.59 Å². The van der Waals surface area contributed by atoms with Gasteiger partial charge in [-0.1, -0.05) is 12.1 Å². The Morgan fingerprint density at radius 1 is 1.14 bits per heavy atom. The number of nitrogens with zero attached hydrogens (tertiary/aromatic N) is 5. The minimum absolute atomic E-state index is 0.0352. The standard InChI is InChI=1S/C20H21N5O3/c26-19(9-13-25-14-21-17-5-2-1-4-16(17)20(25)27)24-11-7-15(8-12-24)28-18-6-3-10-22-23-18/h1-6,10,14-15H,7-9,11-13H2. The van der Waals surface area contributed by atoms with Crippen LogP contribution in [0.1, 0.15) is 19.3 Å². The lowest BCUT2D eigenvalue weighted by atomic mass is 10.1. The van der Waals surface area contributed by atoms with Gasteiger partial charge in [0.1, 0.15) is 6.10 Å². The van der Waals surface area contributed by atoms with Crippen molar-refractivity contribution in [3.05, 3.63) is 59.3 Å². The molecule has 2 aromatic heterocycles. The molecule has 28 heavy (non-hydrogen) atoms. The molecular weight excluding hydrogens is 358 g/mol. The van der Waals surface area contributed by atoms with Crippen molar-refractivity contribution in [2.24, 2.45) is 0 Å². The van der Waals surface area contributed by atoms with Crippen LogP contribution in [-0.2, 0) is 11.3 Å². The fourth-order valence-electron chi connectivity index (χ4n) is 3.38. The highest BCUT2D eigenvalue weighted by atomic mass is 16.5. The van der Waals surface area contributed by atoms with E-state index >= 15 is 0 Å². The second-order valence-corrected chi connectivity index (χ2v) is 6.77. The van der Waals surface area contributed by atoms with E-state index in [2.05, 4.69) is 15.2 Å². The topological polar surface area (TPSA) is 90.2 Å². The molecule has 3 heterocycles. The fourth-order valence-corrected chi connectivity index (χ4v) is 3.38. The highest BCUT2D eigenvalue weighted by Gasteiger charge is 2.24. The molecule has 1 aliphatic heterocycles. The summed E-state index contributed by atoms with van der Waals surface area (Å²) in [4.78, 5) is 31.2. The van der Waals surface area contributed by atoms with Gasteiger partial charge in [-0.15, -0.1) is 5.10 Å². The summed E-state index contributed by atoms with van der Waals surface area (Å²) >= 11 is 0. The molecule has 0 bridgehead atoms. The molecular formula is C20H21N5O3. The van der Waals surface area contributed by atoms with Crippen LogP contribution in [0.4, 0.5) is 0 Å². The molecule has 8 nitrogen and oxygen atoms in total. The van der Waals surface area contributed by atoms with Crippen molar-refractivity contribution >= 4 is 16.8 Å². The van der Waals surface area contributed by atoms with Crippen LogP contribution in [0.3, 0.4) is 0 Å². The van der Waals surface area contributed by atoms with Gasteiger partial charge in [0.15, 0.2) is 0 Å². The van der Waals surface area contributed by atoms with Crippen molar-refractivity contribution < 1.29 is 9.53 Å². The van der Waals surface area contributed by atoms with Crippen molar-refractivity contribution in [3.8, 4) is 5.88 Å². The van der Waals surface area contributed by atoms with Crippen molar-refractivity contribution in [1.29, 1.82) is 0 Å². The second-order valence-electron chi connectivity index (χ2n) is 6.77. The number of carbonyl (C=O) groups is 1. The average Bonchev–Trinajstić information content (AvgIpc) is 2.74. The number of benzene rings is 1. The Morgan fingerprint density at radius 3 is 2.75 bits per heavy atom. The van der Waals surface area contributed by atoms with E-state index in [4.69, 9.17) is 4.74 Å². The number of aromatic nitrogens is 4. The van der Waals surface area contributed by atoms with Crippen molar-refractivity contribution in [2.75, 3.05) is 13.1 Å². The SMILES string of the molecule is O=C(CCn1cnc2ccccc2c1=O)N1CCC(Oc2cccnn2)CC1. The van der Waals surface area contributed by atoms with Crippen LogP contribution < -0.4 is 10.3 Å². The summed E-state index contributed by atoms with van der Waals surface area (Å²) in [5.74, 6) is 0.550. The minimum atomic E-state index is -0.116. The van der Waals surface area contributed by atoms with E-state index in [1.807, 2.05) is 17.0 Å². The summed E-state index contributed by atoms with van der Waals surface area (Å²) in [5.41, 5.74) is 0.551. The fraction of sp³-hybridized carbons (Fsp3) is 0.350. The highest BCUT2D eigenvalue weighted by Crippen LogP contribution is 2.17. The van der Waals surface area contributed by atoms with Gasteiger partial charge in [-0.2, -0.15) is 5.10 Å². The number of rotatable bonds is 5. The lowest BCUT2D eigenvalue weighted by Crippen LogP contribution is -2.42. The molecule has 4 rings (SSSR count). The van der Waals surface area contributed by atoms with Gasteiger partial charge >= 0.3 is 0 Å². The van der Waals surface area contributed by atoms with E-state index in [1.54, 1.807) is 30.5 Å². The largest absolute Gasteiger partial charge is 0.473 e. The second kappa shape index (κ2) is 8.16. The Hall–Kier alpha value is -3.29. The molecule has 0 N–H and O–H groups in total. The summed E-state index contributed by atoms with van der Waals surface area (Å²) in [5, 5.41) is 8.30. The number of ether oxygens (including phenoxy) is 1. The molecule has 0 radical (unpaired) electrons. The summed E-state index contributed by atoms with van der Waals surface area (Å²) in [6.45, 7) is 1.59. The maximum atomic E-state index is 12.5. The zero-order valence-corrected chi connectivity index (χ0v) is 15.4. The molecule has 0 spiro atoms. The molecule has 1 saturated heterocycles. The smallest absolute Gasteiger partial charge is 0.261 e.